The third-order valence-electron chi connectivity index (χ3n) is 6.86. The van der Waals surface area contributed by atoms with Crippen LogP contribution in [0.5, 0.6) is 0 Å². The van der Waals surface area contributed by atoms with Gasteiger partial charge >= 0.3 is 0 Å². The molecule has 194 valence electrons. The molecule has 3 heterocycles. The van der Waals surface area contributed by atoms with Crippen molar-refractivity contribution in [2.45, 2.75) is 58.0 Å². The average molecular weight is 506 g/mol. The standard InChI is InChI=1S/C27H32FN7O2/c1-5-19(6-2)35-21(14-15-29-35)26(36)32-24(18-10-8-7-9-11-18)27(37)31-22-13-12-20(25(28)30-22)23-16(3)33-34-17(23)4/h5-6,12-15,18-19,24H,1-2,7-11H2,3-4H3,(H,32,36)(H,33,34)(H,30,31,37)/t24-/m0/s1. The van der Waals surface area contributed by atoms with Crippen molar-refractivity contribution in [2.75, 3.05) is 5.32 Å². The molecule has 10 heteroatoms. The number of nitrogens with zero attached hydrogens (tertiary/aromatic N) is 4. The van der Waals surface area contributed by atoms with Crippen molar-refractivity contribution in [2.24, 2.45) is 5.92 Å². The van der Waals surface area contributed by atoms with Crippen LogP contribution in [0.3, 0.4) is 0 Å². The number of halogens is 1. The molecule has 3 aromatic heterocycles. The minimum atomic E-state index is -0.815. The molecule has 0 radical (unpaired) electrons. The monoisotopic (exact) mass is 505 g/mol. The van der Waals surface area contributed by atoms with E-state index in [9.17, 15) is 14.0 Å². The maximum Gasteiger partial charge on any atom is 0.270 e. The zero-order valence-electron chi connectivity index (χ0n) is 21.1. The second kappa shape index (κ2) is 11.3. The van der Waals surface area contributed by atoms with Crippen molar-refractivity contribution >= 4 is 17.6 Å². The molecule has 1 atom stereocenters. The van der Waals surface area contributed by atoms with E-state index >= 15 is 0 Å². The van der Waals surface area contributed by atoms with Crippen molar-refractivity contribution in [3.05, 3.63) is 72.7 Å². The summed E-state index contributed by atoms with van der Waals surface area (Å²) >= 11 is 0. The number of pyridine rings is 1. The molecule has 0 saturated heterocycles. The molecular weight excluding hydrogens is 473 g/mol. The number of H-pyrrole nitrogens is 1. The highest BCUT2D eigenvalue weighted by atomic mass is 19.1. The first-order valence-corrected chi connectivity index (χ1v) is 12.4. The lowest BCUT2D eigenvalue weighted by molar-refractivity contribution is -0.119. The Morgan fingerprint density at radius 3 is 2.51 bits per heavy atom. The van der Waals surface area contributed by atoms with Crippen LogP contribution in [-0.4, -0.2) is 42.8 Å². The lowest BCUT2D eigenvalue weighted by atomic mass is 9.83. The number of allylic oxidation sites excluding steroid dienone is 2. The molecule has 0 aliphatic heterocycles. The number of hydrogen-bond acceptors (Lipinski definition) is 5. The molecule has 1 aliphatic rings. The minimum Gasteiger partial charge on any atom is -0.339 e. The molecule has 9 nitrogen and oxygen atoms in total. The van der Waals surface area contributed by atoms with E-state index < -0.39 is 23.8 Å². The quantitative estimate of drug-likeness (QED) is 0.289. The van der Waals surface area contributed by atoms with Crippen molar-refractivity contribution in [3.63, 3.8) is 0 Å². The first kappa shape index (κ1) is 26.0. The van der Waals surface area contributed by atoms with E-state index in [1.54, 1.807) is 44.2 Å². The summed E-state index contributed by atoms with van der Waals surface area (Å²) in [5.74, 6) is -1.57. The first-order valence-electron chi connectivity index (χ1n) is 12.4. The van der Waals surface area contributed by atoms with E-state index in [1.165, 1.54) is 10.9 Å². The number of hydrogen-bond donors (Lipinski definition) is 3. The summed E-state index contributed by atoms with van der Waals surface area (Å²) in [4.78, 5) is 30.7. The lowest BCUT2D eigenvalue weighted by Gasteiger charge is -2.30. The highest BCUT2D eigenvalue weighted by Crippen LogP contribution is 2.29. The molecule has 0 spiro atoms. The predicted molar refractivity (Wildman–Crippen MR) is 139 cm³/mol. The van der Waals surface area contributed by atoms with Crippen molar-refractivity contribution in [1.82, 2.24) is 30.3 Å². The summed E-state index contributed by atoms with van der Waals surface area (Å²) < 4.78 is 16.5. The van der Waals surface area contributed by atoms with E-state index in [0.717, 1.165) is 37.8 Å². The largest absolute Gasteiger partial charge is 0.339 e. The SMILES string of the molecule is C=CC(C=C)n1nccc1C(=O)N[C@H](C(=O)Nc1ccc(-c2c(C)n[nH]c2C)c(F)n1)C1CCCCC1. The zero-order valence-corrected chi connectivity index (χ0v) is 21.1. The lowest BCUT2D eigenvalue weighted by Crippen LogP contribution is -2.49. The number of amides is 2. The molecule has 0 bridgehead atoms. The Morgan fingerprint density at radius 2 is 1.89 bits per heavy atom. The first-order chi connectivity index (χ1) is 17.8. The van der Waals surface area contributed by atoms with E-state index in [-0.39, 0.29) is 23.5 Å². The highest BCUT2D eigenvalue weighted by molar-refractivity contribution is 6.00. The van der Waals surface area contributed by atoms with E-state index in [1.807, 2.05) is 0 Å². The third kappa shape index (κ3) is 5.52. The van der Waals surface area contributed by atoms with Crippen LogP contribution >= 0.6 is 0 Å². The molecule has 1 fully saturated rings. The van der Waals surface area contributed by atoms with Crippen molar-refractivity contribution in [1.29, 1.82) is 0 Å². The summed E-state index contributed by atoms with van der Waals surface area (Å²) in [6.45, 7) is 11.1. The van der Waals surface area contributed by atoms with Gasteiger partial charge in [0.15, 0.2) is 0 Å². The number of carbonyl (C=O) groups is 2. The van der Waals surface area contributed by atoms with Gasteiger partial charge in [0, 0.05) is 23.0 Å². The van der Waals surface area contributed by atoms with Gasteiger partial charge in [0.05, 0.1) is 11.7 Å². The van der Waals surface area contributed by atoms with Gasteiger partial charge < -0.3 is 10.6 Å². The zero-order chi connectivity index (χ0) is 26.5. The number of carbonyl (C=O) groups excluding carboxylic acids is 2. The Balaban J connectivity index is 1.56. The molecular formula is C27H32FN7O2. The van der Waals surface area contributed by atoms with Crippen LogP contribution in [0.4, 0.5) is 10.2 Å². The highest BCUT2D eigenvalue weighted by Gasteiger charge is 2.32. The van der Waals surface area contributed by atoms with E-state index in [4.69, 9.17) is 0 Å². The maximum atomic E-state index is 15.0. The van der Waals surface area contributed by atoms with Crippen LogP contribution in [0.1, 0.15) is 60.0 Å². The van der Waals surface area contributed by atoms with E-state index in [0.29, 0.717) is 16.8 Å². The molecule has 1 saturated carbocycles. The molecule has 3 aromatic rings. The number of anilines is 1. The van der Waals surface area contributed by atoms with Crippen molar-refractivity contribution in [3.8, 4) is 11.1 Å². The fourth-order valence-electron chi connectivity index (χ4n) is 4.95. The number of aromatic amines is 1. The number of rotatable bonds is 9. The minimum absolute atomic E-state index is 0.0518. The molecule has 1 aliphatic carbocycles. The normalized spacial score (nSPS) is 14.8. The van der Waals surface area contributed by atoms with Gasteiger partial charge in [-0.3, -0.25) is 14.7 Å². The summed E-state index contributed by atoms with van der Waals surface area (Å²) in [6, 6.07) is 3.52. The third-order valence-corrected chi connectivity index (χ3v) is 6.86. The average Bonchev–Trinajstić information content (AvgIpc) is 3.51. The number of nitrogens with one attached hydrogen (secondary N) is 3. The summed E-state index contributed by atoms with van der Waals surface area (Å²) in [5.41, 5.74) is 2.61. The molecule has 2 amide bonds. The maximum absolute atomic E-state index is 15.0. The smallest absolute Gasteiger partial charge is 0.270 e. The predicted octanol–water partition coefficient (Wildman–Crippen LogP) is 4.65. The Hall–Kier alpha value is -4.08. The van der Waals surface area contributed by atoms with Crippen LogP contribution in [0.25, 0.3) is 11.1 Å². The van der Waals surface area contributed by atoms with Crippen LogP contribution in [0.2, 0.25) is 0 Å². The number of aryl methyl sites for hydroxylation is 2. The van der Waals surface area contributed by atoms with Crippen LogP contribution in [-0.2, 0) is 4.79 Å². The van der Waals surface area contributed by atoms with Crippen molar-refractivity contribution < 1.29 is 14.0 Å². The Morgan fingerprint density at radius 1 is 1.16 bits per heavy atom. The Labute approximate surface area is 215 Å². The fourth-order valence-corrected chi connectivity index (χ4v) is 4.95. The van der Waals surface area contributed by atoms with Gasteiger partial charge in [-0.1, -0.05) is 31.4 Å². The van der Waals surface area contributed by atoms with Crippen LogP contribution in [0.15, 0.2) is 49.7 Å². The molecule has 4 rings (SSSR count). The van der Waals surface area contributed by atoms with Gasteiger partial charge in [-0.15, -0.1) is 13.2 Å². The van der Waals surface area contributed by atoms with Gasteiger partial charge in [-0.25, -0.2) is 9.67 Å². The Kier molecular flexibility index (Phi) is 7.95. The van der Waals surface area contributed by atoms with Gasteiger partial charge in [-0.05, 0) is 50.8 Å². The molecule has 0 aromatic carbocycles. The van der Waals surface area contributed by atoms with E-state index in [2.05, 4.69) is 44.1 Å². The summed E-state index contributed by atoms with van der Waals surface area (Å²) in [5, 5.41) is 16.8. The summed E-state index contributed by atoms with van der Waals surface area (Å²) in [7, 11) is 0. The van der Waals surface area contributed by atoms with Gasteiger partial charge in [0.25, 0.3) is 5.91 Å². The number of aromatic nitrogens is 5. The Bertz CT molecular complexity index is 1280. The topological polar surface area (TPSA) is 118 Å². The van der Waals surface area contributed by atoms with Crippen LogP contribution < -0.4 is 10.6 Å². The van der Waals surface area contributed by atoms with Crippen LogP contribution in [0, 0.1) is 25.7 Å². The summed E-state index contributed by atoms with van der Waals surface area (Å²) in [6.07, 6.45) is 9.41. The van der Waals surface area contributed by atoms with Gasteiger partial charge in [0.1, 0.15) is 17.6 Å². The fraction of sp³-hybridized carbons (Fsp3) is 0.370. The van der Waals surface area contributed by atoms with Gasteiger partial charge in [0.2, 0.25) is 11.9 Å². The second-order valence-corrected chi connectivity index (χ2v) is 9.31. The molecule has 37 heavy (non-hydrogen) atoms. The molecule has 3 N–H and O–H groups in total. The van der Waals surface area contributed by atoms with Gasteiger partial charge in [-0.2, -0.15) is 14.6 Å². The molecule has 0 unspecified atom stereocenters. The second-order valence-electron chi connectivity index (χ2n) is 9.31.